The molecule has 0 fully saturated rings. The Hall–Kier alpha value is -0.790. The SMILES string of the molecule is CC(C)=CCCC(C)OC=O. The van der Waals surface area contributed by atoms with E-state index in [4.69, 9.17) is 4.74 Å². The summed E-state index contributed by atoms with van der Waals surface area (Å²) in [6.07, 6.45) is 4.08. The summed E-state index contributed by atoms with van der Waals surface area (Å²) in [5, 5.41) is 0. The molecule has 11 heavy (non-hydrogen) atoms. The molecule has 0 radical (unpaired) electrons. The summed E-state index contributed by atoms with van der Waals surface area (Å²) in [4.78, 5) is 9.87. The smallest absolute Gasteiger partial charge is 0.293 e. The van der Waals surface area contributed by atoms with Crippen molar-refractivity contribution in [3.8, 4) is 0 Å². The average Bonchev–Trinajstić information content (AvgIpc) is 1.87. The summed E-state index contributed by atoms with van der Waals surface area (Å²) in [5.74, 6) is 0. The number of allylic oxidation sites excluding steroid dienone is 2. The molecular formula is C9H16O2. The van der Waals surface area contributed by atoms with Gasteiger partial charge in [-0.2, -0.15) is 0 Å². The van der Waals surface area contributed by atoms with Crippen LogP contribution in [0, 0.1) is 0 Å². The zero-order chi connectivity index (χ0) is 8.69. The minimum absolute atomic E-state index is 0.0445. The third kappa shape index (κ3) is 7.10. The van der Waals surface area contributed by atoms with E-state index in [2.05, 4.69) is 19.9 Å². The van der Waals surface area contributed by atoms with Crippen molar-refractivity contribution in [1.29, 1.82) is 0 Å². The highest BCUT2D eigenvalue weighted by Crippen LogP contribution is 2.02. The second-order valence-electron chi connectivity index (χ2n) is 2.90. The minimum Gasteiger partial charge on any atom is -0.465 e. The highest BCUT2D eigenvalue weighted by Gasteiger charge is 1.98. The second kappa shape index (κ2) is 5.96. The van der Waals surface area contributed by atoms with E-state index < -0.39 is 0 Å². The van der Waals surface area contributed by atoms with Crippen LogP contribution in [0.2, 0.25) is 0 Å². The Morgan fingerprint density at radius 2 is 2.18 bits per heavy atom. The maximum atomic E-state index is 9.87. The van der Waals surface area contributed by atoms with Gasteiger partial charge < -0.3 is 4.74 Å². The molecular weight excluding hydrogens is 140 g/mol. The van der Waals surface area contributed by atoms with Crippen LogP contribution in [-0.4, -0.2) is 12.6 Å². The van der Waals surface area contributed by atoms with E-state index in [9.17, 15) is 4.79 Å². The summed E-state index contributed by atoms with van der Waals surface area (Å²) in [7, 11) is 0. The Kier molecular flexibility index (Phi) is 5.53. The normalized spacial score (nSPS) is 11.9. The summed E-state index contributed by atoms with van der Waals surface area (Å²) < 4.78 is 4.71. The fraction of sp³-hybridized carbons (Fsp3) is 0.667. The molecule has 0 spiro atoms. The Morgan fingerprint density at radius 3 is 2.64 bits per heavy atom. The molecule has 1 atom stereocenters. The molecule has 1 unspecified atom stereocenters. The summed E-state index contributed by atoms with van der Waals surface area (Å²) >= 11 is 0. The van der Waals surface area contributed by atoms with Gasteiger partial charge in [0.1, 0.15) is 0 Å². The molecule has 0 aliphatic heterocycles. The van der Waals surface area contributed by atoms with Crippen molar-refractivity contribution in [1.82, 2.24) is 0 Å². The fourth-order valence-corrected chi connectivity index (χ4v) is 0.770. The molecule has 0 bridgehead atoms. The Labute approximate surface area is 68.2 Å². The lowest BCUT2D eigenvalue weighted by Crippen LogP contribution is -2.05. The lowest BCUT2D eigenvalue weighted by molar-refractivity contribution is -0.132. The van der Waals surface area contributed by atoms with Gasteiger partial charge in [0.25, 0.3) is 6.47 Å². The van der Waals surface area contributed by atoms with Crippen LogP contribution in [0.1, 0.15) is 33.6 Å². The van der Waals surface area contributed by atoms with Gasteiger partial charge >= 0.3 is 0 Å². The van der Waals surface area contributed by atoms with Crippen LogP contribution < -0.4 is 0 Å². The van der Waals surface area contributed by atoms with Crippen LogP contribution in [-0.2, 0) is 9.53 Å². The first-order valence-electron chi connectivity index (χ1n) is 3.89. The van der Waals surface area contributed by atoms with Crippen LogP contribution in [0.5, 0.6) is 0 Å². The van der Waals surface area contributed by atoms with Crippen LogP contribution >= 0.6 is 0 Å². The maximum Gasteiger partial charge on any atom is 0.293 e. The van der Waals surface area contributed by atoms with E-state index in [1.54, 1.807) is 0 Å². The summed E-state index contributed by atoms with van der Waals surface area (Å²) in [5.41, 5.74) is 1.31. The summed E-state index contributed by atoms with van der Waals surface area (Å²) in [6.45, 7) is 6.52. The first kappa shape index (κ1) is 10.2. The number of carbonyl (C=O) groups excluding carboxylic acids is 1. The van der Waals surface area contributed by atoms with Gasteiger partial charge in [-0.15, -0.1) is 0 Å². The van der Waals surface area contributed by atoms with Crippen LogP contribution in [0.15, 0.2) is 11.6 Å². The molecule has 64 valence electrons. The number of carbonyl (C=O) groups is 1. The Balaban J connectivity index is 3.38. The van der Waals surface area contributed by atoms with Gasteiger partial charge in [-0.1, -0.05) is 11.6 Å². The summed E-state index contributed by atoms with van der Waals surface area (Å²) in [6, 6.07) is 0. The van der Waals surface area contributed by atoms with Crippen molar-refractivity contribution in [3.05, 3.63) is 11.6 Å². The Bertz CT molecular complexity index is 134. The van der Waals surface area contributed by atoms with Crippen molar-refractivity contribution in [2.75, 3.05) is 0 Å². The van der Waals surface area contributed by atoms with Crippen molar-refractivity contribution in [2.45, 2.75) is 39.7 Å². The molecule has 0 aromatic carbocycles. The monoisotopic (exact) mass is 156 g/mol. The number of hydrogen-bond donors (Lipinski definition) is 0. The van der Waals surface area contributed by atoms with E-state index in [-0.39, 0.29) is 6.10 Å². The predicted molar refractivity (Wildman–Crippen MR) is 45.3 cm³/mol. The van der Waals surface area contributed by atoms with E-state index in [0.717, 1.165) is 12.8 Å². The van der Waals surface area contributed by atoms with Crippen LogP contribution in [0.25, 0.3) is 0 Å². The average molecular weight is 156 g/mol. The molecule has 2 heteroatoms. The molecule has 0 aliphatic rings. The molecule has 0 saturated carbocycles. The largest absolute Gasteiger partial charge is 0.465 e. The van der Waals surface area contributed by atoms with Gasteiger partial charge in [0.15, 0.2) is 0 Å². The molecule has 0 amide bonds. The van der Waals surface area contributed by atoms with Crippen molar-refractivity contribution < 1.29 is 9.53 Å². The molecule has 0 aliphatic carbocycles. The van der Waals surface area contributed by atoms with E-state index in [0.29, 0.717) is 6.47 Å². The topological polar surface area (TPSA) is 26.3 Å². The van der Waals surface area contributed by atoms with E-state index in [1.165, 1.54) is 5.57 Å². The van der Waals surface area contributed by atoms with Gasteiger partial charge in [-0.05, 0) is 33.6 Å². The van der Waals surface area contributed by atoms with Gasteiger partial charge in [0, 0.05) is 0 Å². The van der Waals surface area contributed by atoms with Crippen molar-refractivity contribution in [2.24, 2.45) is 0 Å². The van der Waals surface area contributed by atoms with E-state index in [1.807, 2.05) is 6.92 Å². The number of hydrogen-bond acceptors (Lipinski definition) is 2. The zero-order valence-electron chi connectivity index (χ0n) is 7.46. The van der Waals surface area contributed by atoms with Crippen LogP contribution in [0.3, 0.4) is 0 Å². The lowest BCUT2D eigenvalue weighted by Gasteiger charge is -2.06. The first-order chi connectivity index (χ1) is 5.16. The van der Waals surface area contributed by atoms with Crippen molar-refractivity contribution in [3.63, 3.8) is 0 Å². The third-order valence-corrected chi connectivity index (χ3v) is 1.41. The first-order valence-corrected chi connectivity index (χ1v) is 3.89. The predicted octanol–water partition coefficient (Wildman–Crippen LogP) is 2.29. The zero-order valence-corrected chi connectivity index (χ0v) is 7.46. The molecule has 0 aromatic rings. The van der Waals surface area contributed by atoms with E-state index >= 15 is 0 Å². The highest BCUT2D eigenvalue weighted by atomic mass is 16.5. The van der Waals surface area contributed by atoms with Crippen LogP contribution in [0.4, 0.5) is 0 Å². The van der Waals surface area contributed by atoms with Gasteiger partial charge in [0.05, 0.1) is 6.10 Å². The minimum atomic E-state index is 0.0445. The molecule has 2 nitrogen and oxygen atoms in total. The fourth-order valence-electron chi connectivity index (χ4n) is 0.770. The lowest BCUT2D eigenvalue weighted by atomic mass is 10.2. The number of ether oxygens (including phenoxy) is 1. The van der Waals surface area contributed by atoms with Gasteiger partial charge in [-0.25, -0.2) is 0 Å². The molecule has 0 rings (SSSR count). The second-order valence-corrected chi connectivity index (χ2v) is 2.90. The van der Waals surface area contributed by atoms with Crippen molar-refractivity contribution >= 4 is 6.47 Å². The maximum absolute atomic E-state index is 9.87. The van der Waals surface area contributed by atoms with Gasteiger partial charge in [-0.3, -0.25) is 4.79 Å². The quantitative estimate of drug-likeness (QED) is 0.451. The standard InChI is InChI=1S/C9H16O2/c1-8(2)5-4-6-9(3)11-7-10/h5,7,9H,4,6H2,1-3H3. The molecule has 0 N–H and O–H groups in total. The third-order valence-electron chi connectivity index (χ3n) is 1.41. The molecule has 0 saturated heterocycles. The molecule has 0 heterocycles. The highest BCUT2D eigenvalue weighted by molar-refractivity contribution is 5.37. The molecule has 0 aromatic heterocycles. The Morgan fingerprint density at radius 1 is 1.55 bits per heavy atom. The number of rotatable bonds is 5. The van der Waals surface area contributed by atoms with Gasteiger partial charge in [0.2, 0.25) is 0 Å².